The van der Waals surface area contributed by atoms with Crippen LogP contribution in [0, 0.1) is 0 Å². The van der Waals surface area contributed by atoms with E-state index in [0.717, 1.165) is 11.1 Å². The zero-order valence-corrected chi connectivity index (χ0v) is 8.38. The lowest BCUT2D eigenvalue weighted by molar-refractivity contribution is 0.162. The average molecular weight is 193 g/mol. The number of hydrogen-bond donors (Lipinski definition) is 1. The number of hydrogen-bond acceptors (Lipinski definition) is 2. The van der Waals surface area contributed by atoms with Gasteiger partial charge in [0.2, 0.25) is 0 Å². The Bertz CT molecular complexity index is 277. The lowest BCUT2D eigenvalue weighted by Gasteiger charge is -2.02. The maximum absolute atomic E-state index is 10.9. The summed E-state index contributed by atoms with van der Waals surface area (Å²) in [6.07, 6.45) is 4.12. The fourth-order valence-corrected chi connectivity index (χ4v) is 0.597. The second-order valence-electron chi connectivity index (χ2n) is 2.59. The molecule has 3 nitrogen and oxygen atoms in total. The van der Waals surface area contributed by atoms with Crippen molar-refractivity contribution in [1.29, 1.82) is 0 Å². The van der Waals surface area contributed by atoms with Crippen LogP contribution in [0.4, 0.5) is 4.79 Å². The molecule has 0 aliphatic heterocycles. The molecule has 0 aromatic heterocycles. The Morgan fingerprint density at radius 1 is 1.50 bits per heavy atom. The van der Waals surface area contributed by atoms with Crippen LogP contribution in [0.3, 0.4) is 0 Å². The van der Waals surface area contributed by atoms with E-state index in [2.05, 4.69) is 29.8 Å². The van der Waals surface area contributed by atoms with E-state index >= 15 is 0 Å². The molecule has 0 saturated heterocycles. The fourth-order valence-electron chi connectivity index (χ4n) is 0.597. The Balaban J connectivity index is 4.01. The predicted molar refractivity (Wildman–Crippen MR) is 57.8 cm³/mol. The van der Waals surface area contributed by atoms with Crippen molar-refractivity contribution in [3.63, 3.8) is 0 Å². The Hall–Kier alpha value is -1.77. The number of carbonyl (C=O) groups excluding carboxylic acids is 1. The predicted octanol–water partition coefficient (Wildman–Crippen LogP) is 2.54. The van der Waals surface area contributed by atoms with Crippen LogP contribution >= 0.6 is 0 Å². The first-order valence-corrected chi connectivity index (χ1v) is 4.14. The second-order valence-corrected chi connectivity index (χ2v) is 2.59. The van der Waals surface area contributed by atoms with Crippen LogP contribution in [-0.4, -0.2) is 12.7 Å². The minimum absolute atomic E-state index is 0.196. The SMILES string of the molecule is C=CCOC(=O)N/C=C(/C)C(=C)C=C. The molecular weight excluding hydrogens is 178 g/mol. The third-order valence-electron chi connectivity index (χ3n) is 1.49. The topological polar surface area (TPSA) is 38.3 Å². The highest BCUT2D eigenvalue weighted by Gasteiger charge is 1.97. The van der Waals surface area contributed by atoms with Crippen LogP contribution in [0.25, 0.3) is 0 Å². The van der Waals surface area contributed by atoms with Crippen LogP contribution in [0.15, 0.2) is 49.2 Å². The molecule has 1 amide bonds. The number of carbonyl (C=O) groups is 1. The van der Waals surface area contributed by atoms with Crippen molar-refractivity contribution in [3.8, 4) is 0 Å². The highest BCUT2D eigenvalue weighted by atomic mass is 16.5. The third kappa shape index (κ3) is 4.98. The Morgan fingerprint density at radius 3 is 2.64 bits per heavy atom. The second kappa shape index (κ2) is 6.71. The first-order chi connectivity index (χ1) is 6.61. The van der Waals surface area contributed by atoms with Crippen molar-refractivity contribution in [3.05, 3.63) is 49.2 Å². The number of rotatable bonds is 5. The standard InChI is InChI=1S/C11H15NO2/c1-5-7-14-11(13)12-8-10(4)9(3)6-2/h5-6,8H,1-3,7H2,4H3,(H,12,13)/b10-8-. The van der Waals surface area contributed by atoms with Gasteiger partial charge in [0.15, 0.2) is 0 Å². The molecule has 0 bridgehead atoms. The highest BCUT2D eigenvalue weighted by Crippen LogP contribution is 2.05. The molecule has 76 valence electrons. The van der Waals surface area contributed by atoms with Crippen molar-refractivity contribution in [2.75, 3.05) is 6.61 Å². The zero-order valence-electron chi connectivity index (χ0n) is 8.38. The summed E-state index contributed by atoms with van der Waals surface area (Å²) >= 11 is 0. The van der Waals surface area contributed by atoms with Gasteiger partial charge in [-0.2, -0.15) is 0 Å². The molecule has 0 saturated carbocycles. The Morgan fingerprint density at radius 2 is 2.14 bits per heavy atom. The normalized spacial score (nSPS) is 10.2. The molecule has 0 heterocycles. The summed E-state index contributed by atoms with van der Waals surface area (Å²) in [5.41, 5.74) is 1.59. The molecule has 0 aliphatic rings. The Labute approximate surface area is 84.5 Å². The van der Waals surface area contributed by atoms with Crippen molar-refractivity contribution >= 4 is 6.09 Å². The fraction of sp³-hybridized carbons (Fsp3) is 0.182. The zero-order chi connectivity index (χ0) is 11.0. The summed E-state index contributed by atoms with van der Waals surface area (Å²) in [5, 5.41) is 2.45. The molecule has 0 atom stereocenters. The first kappa shape index (κ1) is 12.2. The molecule has 0 radical (unpaired) electrons. The van der Waals surface area contributed by atoms with Gasteiger partial charge in [0.1, 0.15) is 6.61 Å². The molecule has 0 fully saturated rings. The molecule has 0 aliphatic carbocycles. The van der Waals surface area contributed by atoms with Crippen LogP contribution in [0.2, 0.25) is 0 Å². The van der Waals surface area contributed by atoms with E-state index < -0.39 is 6.09 Å². The summed E-state index contributed by atoms with van der Waals surface area (Å²) in [4.78, 5) is 10.9. The van der Waals surface area contributed by atoms with Crippen molar-refractivity contribution in [2.45, 2.75) is 6.92 Å². The van der Waals surface area contributed by atoms with E-state index in [4.69, 9.17) is 0 Å². The van der Waals surface area contributed by atoms with E-state index in [1.807, 2.05) is 6.92 Å². The molecule has 0 unspecified atom stereocenters. The van der Waals surface area contributed by atoms with Crippen LogP contribution < -0.4 is 5.32 Å². The van der Waals surface area contributed by atoms with E-state index in [9.17, 15) is 4.79 Å². The van der Waals surface area contributed by atoms with Gasteiger partial charge in [-0.05, 0) is 18.1 Å². The van der Waals surface area contributed by atoms with E-state index in [1.54, 1.807) is 6.08 Å². The largest absolute Gasteiger partial charge is 0.445 e. The minimum atomic E-state index is -0.513. The number of allylic oxidation sites excluding steroid dienone is 3. The monoisotopic (exact) mass is 193 g/mol. The lowest BCUT2D eigenvalue weighted by atomic mass is 10.1. The summed E-state index contributed by atoms with van der Waals surface area (Å²) in [6.45, 7) is 12.7. The lowest BCUT2D eigenvalue weighted by Crippen LogP contribution is -2.19. The Kier molecular flexibility index (Phi) is 5.87. The molecule has 0 rings (SSSR count). The highest BCUT2D eigenvalue weighted by molar-refractivity contribution is 5.68. The summed E-state index contributed by atoms with van der Waals surface area (Å²) in [5.74, 6) is 0. The molecular formula is C11H15NO2. The average Bonchev–Trinajstić information content (AvgIpc) is 2.21. The van der Waals surface area contributed by atoms with Gasteiger partial charge in [-0.3, -0.25) is 5.32 Å². The molecule has 1 N–H and O–H groups in total. The van der Waals surface area contributed by atoms with Gasteiger partial charge in [-0.15, -0.1) is 0 Å². The van der Waals surface area contributed by atoms with Crippen molar-refractivity contribution in [1.82, 2.24) is 5.32 Å². The van der Waals surface area contributed by atoms with Gasteiger partial charge < -0.3 is 4.74 Å². The van der Waals surface area contributed by atoms with Gasteiger partial charge in [0, 0.05) is 6.20 Å². The van der Waals surface area contributed by atoms with Gasteiger partial charge in [0.25, 0.3) is 0 Å². The van der Waals surface area contributed by atoms with Crippen molar-refractivity contribution in [2.24, 2.45) is 0 Å². The van der Waals surface area contributed by atoms with Gasteiger partial charge in [-0.1, -0.05) is 31.9 Å². The van der Waals surface area contributed by atoms with E-state index in [0.29, 0.717) is 0 Å². The molecule has 0 aromatic rings. The smallest absolute Gasteiger partial charge is 0.411 e. The molecule has 14 heavy (non-hydrogen) atoms. The number of amides is 1. The maximum Gasteiger partial charge on any atom is 0.411 e. The van der Waals surface area contributed by atoms with Crippen LogP contribution in [0.5, 0.6) is 0 Å². The van der Waals surface area contributed by atoms with E-state index in [1.165, 1.54) is 12.3 Å². The van der Waals surface area contributed by atoms with E-state index in [-0.39, 0.29) is 6.61 Å². The number of alkyl carbamates (subject to hydrolysis) is 1. The van der Waals surface area contributed by atoms with Crippen LogP contribution in [0.1, 0.15) is 6.92 Å². The van der Waals surface area contributed by atoms with Gasteiger partial charge in [-0.25, -0.2) is 4.79 Å². The molecule has 0 spiro atoms. The van der Waals surface area contributed by atoms with Gasteiger partial charge in [0.05, 0.1) is 0 Å². The first-order valence-electron chi connectivity index (χ1n) is 4.14. The maximum atomic E-state index is 10.9. The van der Waals surface area contributed by atoms with Crippen molar-refractivity contribution < 1.29 is 9.53 Å². The summed E-state index contributed by atoms with van der Waals surface area (Å²) in [7, 11) is 0. The number of ether oxygens (including phenoxy) is 1. The molecule has 0 aromatic carbocycles. The van der Waals surface area contributed by atoms with Gasteiger partial charge >= 0.3 is 6.09 Å². The third-order valence-corrected chi connectivity index (χ3v) is 1.49. The quantitative estimate of drug-likeness (QED) is 0.538. The number of nitrogens with one attached hydrogen (secondary N) is 1. The minimum Gasteiger partial charge on any atom is -0.445 e. The summed E-state index contributed by atoms with van der Waals surface area (Å²) < 4.78 is 4.69. The summed E-state index contributed by atoms with van der Waals surface area (Å²) in [6, 6.07) is 0. The van der Waals surface area contributed by atoms with Crippen LogP contribution in [-0.2, 0) is 4.74 Å². The molecule has 3 heteroatoms.